The molecule has 5 rings (SSSR count). The monoisotopic (exact) mass is 711 g/mol. The number of ether oxygens (including phenoxy) is 3. The van der Waals surface area contributed by atoms with E-state index in [0.29, 0.717) is 36.4 Å². The number of nitrogens with one attached hydrogen (secondary N) is 2. The van der Waals surface area contributed by atoms with Gasteiger partial charge in [-0.3, -0.25) is 4.90 Å². The standard InChI is InChI=1S/C32H35F6N7O5/c1-4-21-16-23(27-25(6-7-26(43-27)48-3)45(21)30(47)50-5-2)41-28-39-17-24(42-29(46)44-8-10-49-11-9-44)22(40-28)14-18-12-19(31(33,34)35)15-20(13-18)32(36,37)38/h6-7,12-13,15,17,21,23H,4-5,8-11,14,16H2,1-3H3,(H,42,46)(H,39,40,41)/t21-,23+/m1/s1. The van der Waals surface area contributed by atoms with E-state index < -0.39 is 48.1 Å². The van der Waals surface area contributed by atoms with Crippen molar-refractivity contribution in [1.29, 1.82) is 0 Å². The van der Waals surface area contributed by atoms with Gasteiger partial charge < -0.3 is 29.7 Å². The van der Waals surface area contributed by atoms with Crippen molar-refractivity contribution >= 4 is 29.4 Å². The average Bonchev–Trinajstić information content (AvgIpc) is 3.08. The second-order valence-corrected chi connectivity index (χ2v) is 11.5. The van der Waals surface area contributed by atoms with Gasteiger partial charge in [-0.25, -0.2) is 24.5 Å². The van der Waals surface area contributed by atoms with Gasteiger partial charge in [-0.15, -0.1) is 0 Å². The van der Waals surface area contributed by atoms with Gasteiger partial charge >= 0.3 is 24.5 Å². The van der Waals surface area contributed by atoms with E-state index in [9.17, 15) is 35.9 Å². The molecule has 2 aliphatic heterocycles. The minimum absolute atomic E-state index is 0.0122. The lowest BCUT2D eigenvalue weighted by molar-refractivity contribution is -0.143. The summed E-state index contributed by atoms with van der Waals surface area (Å²) in [6, 6.07) is 2.98. The van der Waals surface area contributed by atoms with Crippen molar-refractivity contribution in [3.63, 3.8) is 0 Å². The highest BCUT2D eigenvalue weighted by Gasteiger charge is 2.39. The van der Waals surface area contributed by atoms with Gasteiger partial charge in [0.05, 0.1) is 73.1 Å². The summed E-state index contributed by atoms with van der Waals surface area (Å²) >= 11 is 0. The number of fused-ring (bicyclic) bond motifs is 1. The number of rotatable bonds is 8. The van der Waals surface area contributed by atoms with Crippen LogP contribution in [0.3, 0.4) is 0 Å². The molecule has 3 aromatic rings. The highest BCUT2D eigenvalue weighted by Crippen LogP contribution is 2.41. The Morgan fingerprint density at radius 3 is 2.28 bits per heavy atom. The molecule has 12 nitrogen and oxygen atoms in total. The van der Waals surface area contributed by atoms with E-state index in [1.54, 1.807) is 19.1 Å². The predicted molar refractivity (Wildman–Crippen MR) is 168 cm³/mol. The normalized spacial score (nSPS) is 17.9. The van der Waals surface area contributed by atoms with E-state index in [0.717, 1.165) is 0 Å². The SMILES string of the molecule is CCOC(=O)N1c2ccc(OC)nc2[C@@H](Nc2ncc(NC(=O)N3CCOCC3)c(Cc3cc(C(F)(F)F)cc(C(F)(F)F)c3)n2)C[C@H]1CC. The first-order chi connectivity index (χ1) is 23.7. The Morgan fingerprint density at radius 1 is 1.00 bits per heavy atom. The lowest BCUT2D eigenvalue weighted by atomic mass is 9.93. The zero-order valence-corrected chi connectivity index (χ0v) is 27.3. The molecular weight excluding hydrogens is 676 g/mol. The largest absolute Gasteiger partial charge is 0.481 e. The molecule has 2 atom stereocenters. The molecule has 1 aromatic carbocycles. The summed E-state index contributed by atoms with van der Waals surface area (Å²) in [5.41, 5.74) is -2.53. The zero-order valence-electron chi connectivity index (χ0n) is 27.3. The Morgan fingerprint density at radius 2 is 1.68 bits per heavy atom. The van der Waals surface area contributed by atoms with Gasteiger partial charge in [0.15, 0.2) is 0 Å². The smallest absolute Gasteiger partial charge is 0.416 e. The van der Waals surface area contributed by atoms with Crippen molar-refractivity contribution in [2.24, 2.45) is 0 Å². The van der Waals surface area contributed by atoms with Crippen LogP contribution >= 0.6 is 0 Å². The van der Waals surface area contributed by atoms with E-state index in [1.807, 2.05) is 6.92 Å². The molecule has 4 heterocycles. The third-order valence-electron chi connectivity index (χ3n) is 8.21. The van der Waals surface area contributed by atoms with Gasteiger partial charge in [-0.1, -0.05) is 6.92 Å². The highest BCUT2D eigenvalue weighted by atomic mass is 19.4. The third-order valence-corrected chi connectivity index (χ3v) is 8.21. The number of anilines is 3. The quantitative estimate of drug-likeness (QED) is 0.246. The number of carbonyl (C=O) groups excluding carboxylic acids is 2. The van der Waals surface area contributed by atoms with Crippen LogP contribution in [-0.2, 0) is 28.2 Å². The lowest BCUT2D eigenvalue weighted by Crippen LogP contribution is -2.46. The number of alkyl halides is 6. The maximum absolute atomic E-state index is 13.7. The number of aromatic nitrogens is 3. The number of hydrogen-bond donors (Lipinski definition) is 2. The molecule has 2 N–H and O–H groups in total. The fraction of sp³-hybridized carbons (Fsp3) is 0.469. The minimum Gasteiger partial charge on any atom is -0.481 e. The number of carbonyl (C=O) groups is 2. The molecule has 3 amide bonds. The summed E-state index contributed by atoms with van der Waals surface area (Å²) in [6.07, 6.45) is -9.15. The summed E-state index contributed by atoms with van der Waals surface area (Å²) < 4.78 is 98.0. The van der Waals surface area contributed by atoms with Crippen LogP contribution in [0.15, 0.2) is 36.5 Å². The maximum atomic E-state index is 13.7. The molecule has 0 saturated carbocycles. The van der Waals surface area contributed by atoms with Crippen molar-refractivity contribution in [3.8, 4) is 5.88 Å². The summed E-state index contributed by atoms with van der Waals surface area (Å²) in [5, 5.41) is 5.81. The van der Waals surface area contributed by atoms with Crippen molar-refractivity contribution in [1.82, 2.24) is 19.9 Å². The molecule has 1 saturated heterocycles. The van der Waals surface area contributed by atoms with Crippen LogP contribution in [-0.4, -0.2) is 78.0 Å². The first kappa shape index (κ1) is 36.4. The van der Waals surface area contributed by atoms with E-state index in [-0.39, 0.29) is 73.8 Å². The molecule has 1 fully saturated rings. The van der Waals surface area contributed by atoms with Gasteiger partial charge in [0.25, 0.3) is 0 Å². The predicted octanol–water partition coefficient (Wildman–Crippen LogP) is 6.67. The van der Waals surface area contributed by atoms with Gasteiger partial charge in [0.1, 0.15) is 0 Å². The number of amides is 3. The number of morpholine rings is 1. The number of halogens is 6. The Kier molecular flexibility index (Phi) is 10.9. The van der Waals surface area contributed by atoms with Crippen LogP contribution in [0.2, 0.25) is 0 Å². The molecule has 0 spiro atoms. The number of urea groups is 1. The number of methoxy groups -OCH3 is 1. The van der Waals surface area contributed by atoms with E-state index in [2.05, 4.69) is 25.6 Å². The van der Waals surface area contributed by atoms with Crippen LogP contribution in [0.4, 0.5) is 53.3 Å². The number of benzene rings is 1. The highest BCUT2D eigenvalue weighted by molar-refractivity contribution is 5.91. The molecular formula is C32H35F6N7O5. The third kappa shape index (κ3) is 8.28. The van der Waals surface area contributed by atoms with Crippen molar-refractivity contribution < 1.29 is 50.1 Å². The van der Waals surface area contributed by atoms with Crippen molar-refractivity contribution in [3.05, 3.63) is 64.6 Å². The van der Waals surface area contributed by atoms with Gasteiger partial charge in [0, 0.05) is 31.6 Å². The Bertz CT molecular complexity index is 1670. The summed E-state index contributed by atoms with van der Waals surface area (Å²) in [5.74, 6) is 0.203. The number of hydrogen-bond acceptors (Lipinski definition) is 9. The average molecular weight is 712 g/mol. The molecule has 270 valence electrons. The van der Waals surface area contributed by atoms with Crippen LogP contribution in [0, 0.1) is 0 Å². The van der Waals surface area contributed by atoms with Gasteiger partial charge in [0.2, 0.25) is 11.8 Å². The first-order valence-corrected chi connectivity index (χ1v) is 15.8. The van der Waals surface area contributed by atoms with Crippen molar-refractivity contribution in [2.75, 3.05) is 55.6 Å². The second kappa shape index (κ2) is 14.9. The molecule has 18 heteroatoms. The Hall–Kier alpha value is -4.87. The zero-order chi connectivity index (χ0) is 36.2. The molecule has 0 bridgehead atoms. The fourth-order valence-corrected chi connectivity index (χ4v) is 5.78. The van der Waals surface area contributed by atoms with Crippen LogP contribution in [0.5, 0.6) is 5.88 Å². The molecule has 50 heavy (non-hydrogen) atoms. The second-order valence-electron chi connectivity index (χ2n) is 11.5. The fourth-order valence-electron chi connectivity index (χ4n) is 5.78. The van der Waals surface area contributed by atoms with E-state index in [4.69, 9.17) is 14.2 Å². The number of pyridine rings is 1. The molecule has 0 aliphatic carbocycles. The first-order valence-electron chi connectivity index (χ1n) is 15.8. The summed E-state index contributed by atoms with van der Waals surface area (Å²) in [4.78, 5) is 42.4. The van der Waals surface area contributed by atoms with E-state index in [1.165, 1.54) is 23.1 Å². The van der Waals surface area contributed by atoms with Crippen molar-refractivity contribution in [2.45, 2.75) is 57.5 Å². The molecule has 0 unspecified atom stereocenters. The van der Waals surface area contributed by atoms with Crippen LogP contribution in [0.25, 0.3) is 0 Å². The molecule has 2 aliphatic rings. The van der Waals surface area contributed by atoms with Gasteiger partial charge in [-0.05, 0) is 49.6 Å². The van der Waals surface area contributed by atoms with E-state index >= 15 is 0 Å². The Balaban J connectivity index is 1.55. The topological polar surface area (TPSA) is 131 Å². The number of nitrogens with zero attached hydrogens (tertiary/aromatic N) is 5. The summed E-state index contributed by atoms with van der Waals surface area (Å²) in [6.45, 7) is 4.84. The van der Waals surface area contributed by atoms with Crippen LogP contribution < -0.4 is 20.3 Å². The lowest BCUT2D eigenvalue weighted by Gasteiger charge is -2.39. The minimum atomic E-state index is -5.06. The molecule has 0 radical (unpaired) electrons. The van der Waals surface area contributed by atoms with Crippen LogP contribution in [0.1, 0.15) is 60.8 Å². The van der Waals surface area contributed by atoms with Gasteiger partial charge in [-0.2, -0.15) is 26.3 Å². The molecule has 2 aromatic heterocycles. The Labute approximate surface area is 283 Å². The maximum Gasteiger partial charge on any atom is 0.416 e. The summed E-state index contributed by atoms with van der Waals surface area (Å²) in [7, 11) is 1.43.